The molecule has 0 bridgehead atoms. The molecule has 1 fully saturated rings. The smallest absolute Gasteiger partial charge is 0.0505 e. The van der Waals surface area contributed by atoms with Gasteiger partial charge in [-0.2, -0.15) is 0 Å². The first-order chi connectivity index (χ1) is 3.30. The van der Waals surface area contributed by atoms with E-state index in [0.29, 0.717) is 0 Å². The summed E-state index contributed by atoms with van der Waals surface area (Å²) >= 11 is 0. The maximum Gasteiger partial charge on any atom is 0.0505 e. The number of nitrogens with zero attached hydrogens (tertiary/aromatic N) is 1. The van der Waals surface area contributed by atoms with Crippen LogP contribution in [0.25, 0.3) is 0 Å². The van der Waals surface area contributed by atoms with Gasteiger partial charge in [0.1, 0.15) is 0 Å². The lowest BCUT2D eigenvalue weighted by Crippen LogP contribution is -2.54. The maximum absolute atomic E-state index is 3.17. The molecule has 1 aliphatic rings. The minimum atomic E-state index is 0.723. The Balaban J connectivity index is 2.14. The second-order valence-corrected chi connectivity index (χ2v) is 2.25. The van der Waals surface area contributed by atoms with E-state index in [-0.39, 0.29) is 0 Å². The number of nitrogens with one attached hydrogen (secondary N) is 1. The fourth-order valence-corrected chi connectivity index (χ4v) is 0.606. The van der Waals surface area contributed by atoms with Crippen LogP contribution in [0.5, 0.6) is 0 Å². The molecular formula is C5H12N2. The maximum atomic E-state index is 3.17. The predicted molar refractivity (Wildman–Crippen MR) is 29.8 cm³/mol. The molecule has 42 valence electrons. The van der Waals surface area contributed by atoms with Crippen LogP contribution < -0.4 is 5.32 Å². The summed E-state index contributed by atoms with van der Waals surface area (Å²) < 4.78 is 0. The normalized spacial score (nSPS) is 22.7. The molecular weight excluding hydrogens is 88.1 g/mol. The van der Waals surface area contributed by atoms with Crippen LogP contribution in [-0.2, 0) is 0 Å². The standard InChI is InChI=1S/C5H12N2/c1-5(2)7-3-6-4-7/h5-6H,3-4H2,1-2H3. The highest BCUT2D eigenvalue weighted by molar-refractivity contribution is 4.66. The summed E-state index contributed by atoms with van der Waals surface area (Å²) in [7, 11) is 0. The summed E-state index contributed by atoms with van der Waals surface area (Å²) in [5, 5.41) is 3.17. The topological polar surface area (TPSA) is 15.3 Å². The van der Waals surface area contributed by atoms with E-state index in [1.54, 1.807) is 0 Å². The number of hydrogen-bond acceptors (Lipinski definition) is 2. The third kappa shape index (κ3) is 0.924. The largest absolute Gasteiger partial charge is 0.291 e. The summed E-state index contributed by atoms with van der Waals surface area (Å²) in [5.74, 6) is 0. The Kier molecular flexibility index (Phi) is 1.30. The van der Waals surface area contributed by atoms with Crippen molar-refractivity contribution in [2.45, 2.75) is 19.9 Å². The molecule has 0 atom stereocenters. The molecule has 0 aliphatic carbocycles. The van der Waals surface area contributed by atoms with Gasteiger partial charge in [0, 0.05) is 6.04 Å². The van der Waals surface area contributed by atoms with E-state index in [9.17, 15) is 0 Å². The highest BCUT2D eigenvalue weighted by Crippen LogP contribution is 1.98. The van der Waals surface area contributed by atoms with E-state index in [4.69, 9.17) is 0 Å². The fraction of sp³-hybridized carbons (Fsp3) is 1.00. The van der Waals surface area contributed by atoms with Gasteiger partial charge in [-0.3, -0.25) is 10.2 Å². The first-order valence-corrected chi connectivity index (χ1v) is 2.75. The Morgan fingerprint density at radius 3 is 2.00 bits per heavy atom. The number of hydrogen-bond donors (Lipinski definition) is 1. The third-order valence-electron chi connectivity index (χ3n) is 1.36. The summed E-state index contributed by atoms with van der Waals surface area (Å²) in [4.78, 5) is 2.36. The van der Waals surface area contributed by atoms with E-state index in [0.717, 1.165) is 19.4 Å². The molecule has 1 heterocycles. The minimum Gasteiger partial charge on any atom is -0.291 e. The van der Waals surface area contributed by atoms with Crippen LogP contribution in [0.4, 0.5) is 0 Å². The summed E-state index contributed by atoms with van der Waals surface area (Å²) in [6, 6.07) is 0.723. The molecule has 0 aromatic rings. The highest BCUT2D eigenvalue weighted by atomic mass is 15.4. The Hall–Kier alpha value is -0.0800. The summed E-state index contributed by atoms with van der Waals surface area (Å²) in [5.41, 5.74) is 0. The lowest BCUT2D eigenvalue weighted by molar-refractivity contribution is 0.101. The second-order valence-electron chi connectivity index (χ2n) is 2.25. The van der Waals surface area contributed by atoms with Gasteiger partial charge in [-0.05, 0) is 13.8 Å². The molecule has 1 N–H and O–H groups in total. The van der Waals surface area contributed by atoms with E-state index < -0.39 is 0 Å². The van der Waals surface area contributed by atoms with Crippen LogP contribution in [0.15, 0.2) is 0 Å². The van der Waals surface area contributed by atoms with Crippen molar-refractivity contribution in [1.82, 2.24) is 10.2 Å². The van der Waals surface area contributed by atoms with Crippen molar-refractivity contribution in [2.75, 3.05) is 13.3 Å². The average molecular weight is 100 g/mol. The summed E-state index contributed by atoms with van der Waals surface area (Å²) in [6.45, 7) is 6.58. The average Bonchev–Trinajstić information content (AvgIpc) is 1.23. The Bertz CT molecular complexity index is 57.1. The molecule has 1 rings (SSSR count). The van der Waals surface area contributed by atoms with Gasteiger partial charge in [0.15, 0.2) is 0 Å². The lowest BCUT2D eigenvalue weighted by Gasteiger charge is -2.35. The molecule has 0 radical (unpaired) electrons. The molecule has 0 aromatic carbocycles. The van der Waals surface area contributed by atoms with Gasteiger partial charge in [0.25, 0.3) is 0 Å². The first kappa shape index (κ1) is 5.06. The van der Waals surface area contributed by atoms with Crippen molar-refractivity contribution in [2.24, 2.45) is 0 Å². The van der Waals surface area contributed by atoms with E-state index in [1.165, 1.54) is 0 Å². The monoisotopic (exact) mass is 100 g/mol. The van der Waals surface area contributed by atoms with Crippen molar-refractivity contribution in [1.29, 1.82) is 0 Å². The van der Waals surface area contributed by atoms with Crippen LogP contribution in [0.2, 0.25) is 0 Å². The van der Waals surface area contributed by atoms with Crippen molar-refractivity contribution < 1.29 is 0 Å². The fourth-order valence-electron chi connectivity index (χ4n) is 0.606. The van der Waals surface area contributed by atoms with Gasteiger partial charge in [-0.15, -0.1) is 0 Å². The van der Waals surface area contributed by atoms with E-state index in [2.05, 4.69) is 24.1 Å². The van der Waals surface area contributed by atoms with Crippen molar-refractivity contribution in [3.63, 3.8) is 0 Å². The molecule has 7 heavy (non-hydrogen) atoms. The third-order valence-corrected chi connectivity index (χ3v) is 1.36. The Morgan fingerprint density at radius 2 is 2.00 bits per heavy atom. The van der Waals surface area contributed by atoms with Gasteiger partial charge >= 0.3 is 0 Å². The quantitative estimate of drug-likeness (QED) is 0.507. The van der Waals surface area contributed by atoms with Gasteiger partial charge < -0.3 is 0 Å². The van der Waals surface area contributed by atoms with E-state index in [1.807, 2.05) is 0 Å². The SMILES string of the molecule is CC(C)N1CNC1. The molecule has 1 aliphatic heterocycles. The lowest BCUT2D eigenvalue weighted by atomic mass is 10.3. The highest BCUT2D eigenvalue weighted by Gasteiger charge is 2.14. The Morgan fingerprint density at radius 1 is 1.43 bits per heavy atom. The van der Waals surface area contributed by atoms with Gasteiger partial charge in [-0.25, -0.2) is 0 Å². The minimum absolute atomic E-state index is 0.723. The molecule has 0 saturated carbocycles. The van der Waals surface area contributed by atoms with E-state index >= 15 is 0 Å². The van der Waals surface area contributed by atoms with Crippen LogP contribution in [0, 0.1) is 0 Å². The molecule has 2 heteroatoms. The molecule has 2 nitrogen and oxygen atoms in total. The Labute approximate surface area is 44.5 Å². The molecule has 0 unspecified atom stereocenters. The molecule has 0 spiro atoms. The second kappa shape index (κ2) is 1.80. The predicted octanol–water partition coefficient (Wildman–Crippen LogP) is 0.215. The van der Waals surface area contributed by atoms with Gasteiger partial charge in [0.2, 0.25) is 0 Å². The zero-order valence-corrected chi connectivity index (χ0v) is 4.94. The molecule has 0 aromatic heterocycles. The molecule has 1 saturated heterocycles. The van der Waals surface area contributed by atoms with Crippen LogP contribution >= 0.6 is 0 Å². The zero-order chi connectivity index (χ0) is 5.28. The van der Waals surface area contributed by atoms with Crippen LogP contribution in [-0.4, -0.2) is 24.3 Å². The summed E-state index contributed by atoms with van der Waals surface area (Å²) in [6.07, 6.45) is 0. The van der Waals surface area contributed by atoms with Crippen molar-refractivity contribution >= 4 is 0 Å². The van der Waals surface area contributed by atoms with Gasteiger partial charge in [-0.1, -0.05) is 0 Å². The van der Waals surface area contributed by atoms with Crippen molar-refractivity contribution in [3.8, 4) is 0 Å². The zero-order valence-electron chi connectivity index (χ0n) is 4.94. The molecule has 0 amide bonds. The van der Waals surface area contributed by atoms with Crippen LogP contribution in [0.1, 0.15) is 13.8 Å². The van der Waals surface area contributed by atoms with Crippen LogP contribution in [0.3, 0.4) is 0 Å². The first-order valence-electron chi connectivity index (χ1n) is 2.75. The number of rotatable bonds is 1. The van der Waals surface area contributed by atoms with Gasteiger partial charge in [0.05, 0.1) is 13.3 Å². The van der Waals surface area contributed by atoms with Crippen molar-refractivity contribution in [3.05, 3.63) is 0 Å².